The zero-order chi connectivity index (χ0) is 22.5. The lowest BCUT2D eigenvalue weighted by Gasteiger charge is -2.14. The number of ether oxygens (including phenoxy) is 1. The Morgan fingerprint density at radius 2 is 1.47 bits per heavy atom. The van der Waals surface area contributed by atoms with E-state index in [0.717, 1.165) is 5.56 Å². The number of nitrogens with zero attached hydrogens (tertiary/aromatic N) is 1. The molecule has 6 heteroatoms. The summed E-state index contributed by atoms with van der Waals surface area (Å²) in [4.78, 5) is 42.0. The number of hydrogen-bond acceptors (Lipinski definition) is 5. The van der Waals surface area contributed by atoms with Gasteiger partial charge in [0.05, 0.1) is 16.8 Å². The van der Waals surface area contributed by atoms with Crippen molar-refractivity contribution in [1.82, 2.24) is 10.3 Å². The molecule has 0 saturated heterocycles. The van der Waals surface area contributed by atoms with Crippen LogP contribution >= 0.6 is 0 Å². The average molecular weight is 424 g/mol. The van der Waals surface area contributed by atoms with Crippen molar-refractivity contribution in [3.8, 4) is 11.3 Å². The fourth-order valence-corrected chi connectivity index (χ4v) is 3.48. The summed E-state index contributed by atoms with van der Waals surface area (Å²) in [7, 11) is 0. The van der Waals surface area contributed by atoms with Gasteiger partial charge < -0.3 is 4.74 Å². The van der Waals surface area contributed by atoms with E-state index in [-0.39, 0.29) is 0 Å². The molecule has 0 spiro atoms. The summed E-state index contributed by atoms with van der Waals surface area (Å²) < 4.78 is 5.28. The van der Waals surface area contributed by atoms with Crippen molar-refractivity contribution in [2.45, 2.75) is 6.92 Å². The van der Waals surface area contributed by atoms with Crippen LogP contribution < -0.4 is 5.32 Å². The number of carbonyl (C=O) groups is 3. The molecule has 1 heterocycles. The molecule has 3 aromatic carbocycles. The van der Waals surface area contributed by atoms with Crippen LogP contribution in [0.1, 0.15) is 26.3 Å². The third-order valence-electron chi connectivity index (χ3n) is 5.01. The Hall–Kier alpha value is -4.32. The summed E-state index contributed by atoms with van der Waals surface area (Å²) in [6, 6.07) is 25.2. The first-order chi connectivity index (χ1) is 15.5. The summed E-state index contributed by atoms with van der Waals surface area (Å²) in [6.07, 6.45) is 0. The highest BCUT2D eigenvalue weighted by Crippen LogP contribution is 2.30. The molecule has 0 radical (unpaired) electrons. The van der Waals surface area contributed by atoms with Gasteiger partial charge in [-0.25, -0.2) is 9.78 Å². The lowest BCUT2D eigenvalue weighted by Crippen LogP contribution is -2.34. The van der Waals surface area contributed by atoms with Crippen molar-refractivity contribution in [3.63, 3.8) is 0 Å². The first-order valence-electron chi connectivity index (χ1n) is 10.1. The number of fused-ring (bicyclic) bond motifs is 1. The number of hydrogen-bond donors (Lipinski definition) is 1. The van der Waals surface area contributed by atoms with E-state index in [1.165, 1.54) is 0 Å². The predicted molar refractivity (Wildman–Crippen MR) is 121 cm³/mol. The fourth-order valence-electron chi connectivity index (χ4n) is 3.48. The van der Waals surface area contributed by atoms with Gasteiger partial charge in [0.25, 0.3) is 11.8 Å². The van der Waals surface area contributed by atoms with Crippen molar-refractivity contribution < 1.29 is 19.1 Å². The lowest BCUT2D eigenvalue weighted by atomic mass is 9.98. The molecule has 0 atom stereocenters. The van der Waals surface area contributed by atoms with E-state index in [0.29, 0.717) is 33.3 Å². The quantitative estimate of drug-likeness (QED) is 0.482. The summed E-state index contributed by atoms with van der Waals surface area (Å²) in [6.45, 7) is 1.23. The average Bonchev–Trinajstić information content (AvgIpc) is 2.83. The van der Waals surface area contributed by atoms with Crippen molar-refractivity contribution in [2.75, 3.05) is 6.61 Å². The zero-order valence-electron chi connectivity index (χ0n) is 17.4. The van der Waals surface area contributed by atoms with Gasteiger partial charge in [-0.15, -0.1) is 0 Å². The highest BCUT2D eigenvalue weighted by Gasteiger charge is 2.21. The van der Waals surface area contributed by atoms with Crippen LogP contribution in [0.25, 0.3) is 22.2 Å². The molecule has 1 aromatic heterocycles. The van der Waals surface area contributed by atoms with E-state index in [2.05, 4.69) is 5.32 Å². The Morgan fingerprint density at radius 1 is 0.844 bits per heavy atom. The number of amides is 2. The Labute approximate surface area is 184 Å². The number of para-hydroxylation sites is 1. The van der Waals surface area contributed by atoms with E-state index in [9.17, 15) is 14.4 Å². The molecule has 4 rings (SSSR count). The minimum Gasteiger partial charge on any atom is -0.452 e. The molecule has 32 heavy (non-hydrogen) atoms. The number of imide groups is 1. The molecule has 1 N–H and O–H groups in total. The number of esters is 1. The second-order valence-corrected chi connectivity index (χ2v) is 7.16. The largest absolute Gasteiger partial charge is 0.452 e. The van der Waals surface area contributed by atoms with Crippen LogP contribution in [-0.2, 0) is 9.53 Å². The molecule has 0 bridgehead atoms. The van der Waals surface area contributed by atoms with Gasteiger partial charge in [-0.05, 0) is 30.7 Å². The molecule has 2 amide bonds. The summed E-state index contributed by atoms with van der Waals surface area (Å²) >= 11 is 0. The smallest absolute Gasteiger partial charge is 0.339 e. The van der Waals surface area contributed by atoms with E-state index >= 15 is 0 Å². The van der Waals surface area contributed by atoms with E-state index in [4.69, 9.17) is 9.72 Å². The van der Waals surface area contributed by atoms with Crippen molar-refractivity contribution in [3.05, 3.63) is 102 Å². The third kappa shape index (κ3) is 4.39. The topological polar surface area (TPSA) is 85.4 Å². The third-order valence-corrected chi connectivity index (χ3v) is 5.01. The Bertz CT molecular complexity index is 1300. The Balaban J connectivity index is 1.57. The second-order valence-electron chi connectivity index (χ2n) is 7.16. The molecule has 0 unspecified atom stereocenters. The highest BCUT2D eigenvalue weighted by atomic mass is 16.5. The molecular formula is C26H20N2O4. The number of pyridine rings is 1. The number of benzene rings is 3. The zero-order valence-corrected chi connectivity index (χ0v) is 17.4. The summed E-state index contributed by atoms with van der Waals surface area (Å²) in [5.41, 5.74) is 3.52. The maximum absolute atomic E-state index is 13.0. The Morgan fingerprint density at radius 3 is 2.19 bits per heavy atom. The molecule has 0 saturated carbocycles. The van der Waals surface area contributed by atoms with Gasteiger partial charge in [0, 0.05) is 16.5 Å². The second kappa shape index (κ2) is 9.22. The van der Waals surface area contributed by atoms with Crippen molar-refractivity contribution in [2.24, 2.45) is 0 Å². The van der Waals surface area contributed by atoms with Crippen LogP contribution in [0.4, 0.5) is 0 Å². The standard InChI is InChI=1S/C26H20N2O4/c1-17-23(26(31)32-16-22(29)28-25(30)19-12-6-3-7-13-19)20-14-8-9-15-21(20)27-24(17)18-10-4-2-5-11-18/h2-15H,16H2,1H3,(H,28,29,30). The van der Waals surface area contributed by atoms with Crippen molar-refractivity contribution >= 4 is 28.7 Å². The van der Waals surface area contributed by atoms with Gasteiger partial charge in [0.2, 0.25) is 0 Å². The maximum atomic E-state index is 13.0. The molecule has 0 aliphatic rings. The van der Waals surface area contributed by atoms with Gasteiger partial charge >= 0.3 is 5.97 Å². The molecule has 0 aliphatic carbocycles. The molecular weight excluding hydrogens is 404 g/mol. The normalized spacial score (nSPS) is 10.5. The molecule has 4 aromatic rings. The predicted octanol–water partition coefficient (Wildman–Crippen LogP) is 4.32. The van der Waals surface area contributed by atoms with Crippen molar-refractivity contribution in [1.29, 1.82) is 0 Å². The first kappa shape index (κ1) is 20.9. The van der Waals surface area contributed by atoms with Gasteiger partial charge in [0.15, 0.2) is 6.61 Å². The maximum Gasteiger partial charge on any atom is 0.339 e. The molecule has 0 aliphatic heterocycles. The van der Waals surface area contributed by atoms with Crippen LogP contribution in [0.3, 0.4) is 0 Å². The molecule has 158 valence electrons. The van der Waals surface area contributed by atoms with E-state index in [1.807, 2.05) is 48.5 Å². The minimum absolute atomic E-state index is 0.343. The highest BCUT2D eigenvalue weighted by molar-refractivity contribution is 6.08. The molecule has 0 fully saturated rings. The van der Waals surface area contributed by atoms with Gasteiger partial charge in [0.1, 0.15) is 0 Å². The number of aromatic nitrogens is 1. The van der Waals surface area contributed by atoms with E-state index in [1.54, 1.807) is 43.3 Å². The van der Waals surface area contributed by atoms with Crippen LogP contribution in [0.2, 0.25) is 0 Å². The van der Waals surface area contributed by atoms with Crippen LogP contribution in [-0.4, -0.2) is 29.4 Å². The summed E-state index contributed by atoms with van der Waals surface area (Å²) in [5.74, 6) is -1.91. The van der Waals surface area contributed by atoms with E-state index < -0.39 is 24.4 Å². The monoisotopic (exact) mass is 424 g/mol. The van der Waals surface area contributed by atoms with Crippen LogP contribution in [0.15, 0.2) is 84.9 Å². The van der Waals surface area contributed by atoms with Gasteiger partial charge in [-0.1, -0.05) is 66.7 Å². The van der Waals surface area contributed by atoms with Gasteiger partial charge in [-0.2, -0.15) is 0 Å². The number of carbonyl (C=O) groups excluding carboxylic acids is 3. The first-order valence-corrected chi connectivity index (χ1v) is 10.1. The summed E-state index contributed by atoms with van der Waals surface area (Å²) in [5, 5.41) is 2.86. The SMILES string of the molecule is Cc1c(-c2ccccc2)nc2ccccc2c1C(=O)OCC(=O)NC(=O)c1ccccc1. The van der Waals surface area contributed by atoms with Crippen LogP contribution in [0.5, 0.6) is 0 Å². The fraction of sp³-hybridized carbons (Fsp3) is 0.0769. The minimum atomic E-state index is -0.702. The van der Waals surface area contributed by atoms with Crippen LogP contribution in [0, 0.1) is 6.92 Å². The molecule has 6 nitrogen and oxygen atoms in total. The Kier molecular flexibility index (Phi) is 6.03. The number of rotatable bonds is 5. The lowest BCUT2D eigenvalue weighted by molar-refractivity contribution is -0.123. The number of nitrogens with one attached hydrogen (secondary N) is 1. The van der Waals surface area contributed by atoms with Gasteiger partial charge in [-0.3, -0.25) is 14.9 Å².